The van der Waals surface area contributed by atoms with Crippen molar-refractivity contribution in [1.82, 2.24) is 4.90 Å². The van der Waals surface area contributed by atoms with E-state index in [0.29, 0.717) is 0 Å². The second-order valence-corrected chi connectivity index (χ2v) is 4.36. The summed E-state index contributed by atoms with van der Waals surface area (Å²) in [7, 11) is 2.26. The minimum absolute atomic E-state index is 0.815. The summed E-state index contributed by atoms with van der Waals surface area (Å²) in [4.78, 5) is 2.50. The first-order valence-electron chi connectivity index (χ1n) is 5.39. The Bertz CT molecular complexity index is 119. The summed E-state index contributed by atoms with van der Waals surface area (Å²) in [5, 5.41) is 0. The molecule has 72 valence electrons. The predicted molar refractivity (Wildman–Crippen MR) is 54.3 cm³/mol. The van der Waals surface area contributed by atoms with E-state index >= 15 is 0 Å². The number of hydrogen-bond donors (Lipinski definition) is 0. The van der Waals surface area contributed by atoms with E-state index in [2.05, 4.69) is 32.7 Å². The third-order valence-electron chi connectivity index (χ3n) is 3.63. The van der Waals surface area contributed by atoms with Gasteiger partial charge < -0.3 is 4.90 Å². The van der Waals surface area contributed by atoms with Crippen LogP contribution >= 0.6 is 0 Å². The molecule has 1 heterocycles. The highest BCUT2D eigenvalue weighted by Gasteiger charge is 2.30. The standard InChI is InChI=1S/C11H23N/c1-5-10(6-2)11-7-9(3)12(4)8-11/h9-11H,5-8H2,1-4H3. The zero-order valence-corrected chi connectivity index (χ0v) is 9.01. The minimum Gasteiger partial charge on any atom is -0.303 e. The van der Waals surface area contributed by atoms with E-state index in [4.69, 9.17) is 0 Å². The molecule has 0 amide bonds. The lowest BCUT2D eigenvalue weighted by Crippen LogP contribution is -2.22. The van der Waals surface area contributed by atoms with Crippen molar-refractivity contribution >= 4 is 0 Å². The average molecular weight is 169 g/mol. The molecule has 1 nitrogen and oxygen atoms in total. The molecular weight excluding hydrogens is 146 g/mol. The number of hydrogen-bond acceptors (Lipinski definition) is 1. The second-order valence-electron chi connectivity index (χ2n) is 4.36. The maximum Gasteiger partial charge on any atom is 0.00672 e. The smallest absolute Gasteiger partial charge is 0.00672 e. The van der Waals surface area contributed by atoms with Gasteiger partial charge in [-0.05, 0) is 32.2 Å². The Labute approximate surface area is 77.1 Å². The summed E-state index contributed by atoms with van der Waals surface area (Å²) < 4.78 is 0. The first kappa shape index (κ1) is 10.0. The van der Waals surface area contributed by atoms with Gasteiger partial charge in [0, 0.05) is 12.6 Å². The molecule has 1 aliphatic rings. The summed E-state index contributed by atoms with van der Waals surface area (Å²) in [5.41, 5.74) is 0. The molecule has 0 aromatic carbocycles. The summed E-state index contributed by atoms with van der Waals surface area (Å²) in [6.45, 7) is 8.34. The molecule has 0 spiro atoms. The Hall–Kier alpha value is -0.0400. The molecule has 0 radical (unpaired) electrons. The zero-order chi connectivity index (χ0) is 9.14. The minimum atomic E-state index is 0.815. The molecule has 2 atom stereocenters. The molecule has 12 heavy (non-hydrogen) atoms. The van der Waals surface area contributed by atoms with Gasteiger partial charge in [-0.15, -0.1) is 0 Å². The van der Waals surface area contributed by atoms with Crippen LogP contribution < -0.4 is 0 Å². The van der Waals surface area contributed by atoms with E-state index < -0.39 is 0 Å². The first-order chi connectivity index (χ1) is 5.69. The summed E-state index contributed by atoms with van der Waals surface area (Å²) >= 11 is 0. The van der Waals surface area contributed by atoms with E-state index in [0.717, 1.165) is 17.9 Å². The topological polar surface area (TPSA) is 3.24 Å². The SMILES string of the molecule is CCC(CC)C1CC(C)N(C)C1. The molecule has 1 saturated heterocycles. The van der Waals surface area contributed by atoms with Crippen LogP contribution in [-0.2, 0) is 0 Å². The first-order valence-corrected chi connectivity index (χ1v) is 5.39. The van der Waals surface area contributed by atoms with Crippen molar-refractivity contribution in [2.45, 2.75) is 46.1 Å². The van der Waals surface area contributed by atoms with Gasteiger partial charge in [-0.25, -0.2) is 0 Å². The largest absolute Gasteiger partial charge is 0.303 e. The van der Waals surface area contributed by atoms with Crippen LogP contribution in [0.1, 0.15) is 40.0 Å². The van der Waals surface area contributed by atoms with Crippen LogP contribution in [-0.4, -0.2) is 24.5 Å². The van der Waals surface area contributed by atoms with Gasteiger partial charge in [0.25, 0.3) is 0 Å². The van der Waals surface area contributed by atoms with Crippen molar-refractivity contribution in [3.63, 3.8) is 0 Å². The average Bonchev–Trinajstić information content (AvgIpc) is 2.35. The number of likely N-dealkylation sites (tertiary alicyclic amines) is 1. The fourth-order valence-electron chi connectivity index (χ4n) is 2.54. The van der Waals surface area contributed by atoms with Crippen LogP contribution in [0.2, 0.25) is 0 Å². The molecule has 1 rings (SSSR count). The van der Waals surface area contributed by atoms with Crippen LogP contribution in [0.15, 0.2) is 0 Å². The predicted octanol–water partition coefficient (Wildman–Crippen LogP) is 2.76. The Morgan fingerprint density at radius 1 is 1.33 bits per heavy atom. The van der Waals surface area contributed by atoms with E-state index in [9.17, 15) is 0 Å². The van der Waals surface area contributed by atoms with Crippen molar-refractivity contribution in [1.29, 1.82) is 0 Å². The van der Waals surface area contributed by atoms with Crippen molar-refractivity contribution in [3.05, 3.63) is 0 Å². The van der Waals surface area contributed by atoms with Crippen molar-refractivity contribution in [2.75, 3.05) is 13.6 Å². The Morgan fingerprint density at radius 2 is 1.92 bits per heavy atom. The van der Waals surface area contributed by atoms with Gasteiger partial charge in [-0.1, -0.05) is 26.7 Å². The quantitative estimate of drug-likeness (QED) is 0.628. The maximum atomic E-state index is 2.50. The van der Waals surface area contributed by atoms with Gasteiger partial charge in [0.05, 0.1) is 0 Å². The van der Waals surface area contributed by atoms with Gasteiger partial charge in [0.1, 0.15) is 0 Å². The molecule has 0 bridgehead atoms. The molecule has 0 aliphatic carbocycles. The maximum absolute atomic E-state index is 2.50. The summed E-state index contributed by atoms with van der Waals surface area (Å²) in [6.07, 6.45) is 4.15. The second kappa shape index (κ2) is 4.27. The van der Waals surface area contributed by atoms with Crippen molar-refractivity contribution < 1.29 is 0 Å². The summed E-state index contributed by atoms with van der Waals surface area (Å²) in [6, 6.07) is 0.815. The Kier molecular flexibility index (Phi) is 3.57. The van der Waals surface area contributed by atoms with Crippen LogP contribution in [0, 0.1) is 11.8 Å². The molecule has 0 aromatic heterocycles. The lowest BCUT2D eigenvalue weighted by atomic mass is 9.86. The highest BCUT2D eigenvalue weighted by Crippen LogP contribution is 2.31. The molecule has 1 heteroatoms. The van der Waals surface area contributed by atoms with Gasteiger partial charge in [0.15, 0.2) is 0 Å². The monoisotopic (exact) mass is 169 g/mol. The lowest BCUT2D eigenvalue weighted by molar-refractivity contribution is 0.293. The van der Waals surface area contributed by atoms with Gasteiger partial charge in [0.2, 0.25) is 0 Å². The Balaban J connectivity index is 2.44. The molecule has 1 fully saturated rings. The zero-order valence-electron chi connectivity index (χ0n) is 9.01. The third kappa shape index (κ3) is 2.01. The van der Waals surface area contributed by atoms with Gasteiger partial charge in [-0.2, -0.15) is 0 Å². The normalized spacial score (nSPS) is 31.8. The fourth-order valence-corrected chi connectivity index (χ4v) is 2.54. The van der Waals surface area contributed by atoms with Crippen molar-refractivity contribution in [3.8, 4) is 0 Å². The van der Waals surface area contributed by atoms with Crippen LogP contribution in [0.25, 0.3) is 0 Å². The van der Waals surface area contributed by atoms with Crippen LogP contribution in [0.5, 0.6) is 0 Å². The third-order valence-corrected chi connectivity index (χ3v) is 3.63. The van der Waals surface area contributed by atoms with Crippen LogP contribution in [0.3, 0.4) is 0 Å². The van der Waals surface area contributed by atoms with E-state index in [1.54, 1.807) is 0 Å². The highest BCUT2D eigenvalue weighted by atomic mass is 15.1. The summed E-state index contributed by atoms with van der Waals surface area (Å²) in [5.74, 6) is 1.94. The van der Waals surface area contributed by atoms with Crippen molar-refractivity contribution in [2.24, 2.45) is 11.8 Å². The van der Waals surface area contributed by atoms with E-state index in [1.165, 1.54) is 25.8 Å². The molecule has 2 unspecified atom stereocenters. The lowest BCUT2D eigenvalue weighted by Gasteiger charge is -2.19. The molecular formula is C11H23N. The number of rotatable bonds is 3. The number of nitrogens with zero attached hydrogens (tertiary/aromatic N) is 1. The molecule has 0 saturated carbocycles. The Morgan fingerprint density at radius 3 is 2.25 bits per heavy atom. The van der Waals surface area contributed by atoms with Crippen LogP contribution in [0.4, 0.5) is 0 Å². The van der Waals surface area contributed by atoms with E-state index in [1.807, 2.05) is 0 Å². The van der Waals surface area contributed by atoms with Gasteiger partial charge >= 0.3 is 0 Å². The molecule has 0 aromatic rings. The molecule has 0 N–H and O–H groups in total. The fraction of sp³-hybridized carbons (Fsp3) is 1.00. The molecule has 1 aliphatic heterocycles. The van der Waals surface area contributed by atoms with E-state index in [-0.39, 0.29) is 0 Å². The highest BCUT2D eigenvalue weighted by molar-refractivity contribution is 4.83. The van der Waals surface area contributed by atoms with Gasteiger partial charge in [-0.3, -0.25) is 0 Å².